The van der Waals surface area contributed by atoms with Gasteiger partial charge in [0.05, 0.1) is 47.2 Å². The topological polar surface area (TPSA) is 69.7 Å². The summed E-state index contributed by atoms with van der Waals surface area (Å²) in [5.74, 6) is 0.341. The van der Waals surface area contributed by atoms with Gasteiger partial charge in [0.2, 0.25) is 0 Å². The SMILES string of the molecule is [C-]#[N+]c1ccccc1-c1cc(-c2ccc(-c3ccc(-c4ccc(-n5c6ccc(N(c7ccccc7)c7ccccc7)cc6c6cc(N(c7ccccc7)c7ccccc7)ccc65)cc4)cc3)cc2C#N)nc(-c2ccccc2[N+]#[C-])n1. The molecule has 11 aromatic carbocycles. The van der Waals surface area contributed by atoms with Crippen LogP contribution >= 0.6 is 0 Å². The number of hydrogen-bond donors (Lipinski definition) is 0. The number of anilines is 6. The van der Waals surface area contributed by atoms with Gasteiger partial charge in [-0.15, -0.1) is 0 Å². The number of para-hydroxylation sites is 6. The minimum Gasteiger partial charge on any atom is -0.310 e. The summed E-state index contributed by atoms with van der Waals surface area (Å²) in [6.07, 6.45) is 0. The van der Waals surface area contributed by atoms with Gasteiger partial charge in [-0.3, -0.25) is 0 Å². The Morgan fingerprint density at radius 1 is 0.358 bits per heavy atom. The highest BCUT2D eigenvalue weighted by atomic mass is 15.1. The van der Waals surface area contributed by atoms with Crippen molar-refractivity contribution < 1.29 is 0 Å². The predicted octanol–water partition coefficient (Wildman–Crippen LogP) is 19.8. The second kappa shape index (κ2) is 21.4. The normalized spacial score (nSPS) is 10.9. The summed E-state index contributed by atoms with van der Waals surface area (Å²) in [5.41, 5.74) is 17.8. The van der Waals surface area contributed by atoms with Crippen LogP contribution in [0.2, 0.25) is 0 Å². The van der Waals surface area contributed by atoms with E-state index in [9.17, 15) is 5.26 Å². The Labute approximate surface area is 469 Å². The molecule has 0 saturated heterocycles. The maximum Gasteiger partial charge on any atom is 0.198 e. The van der Waals surface area contributed by atoms with Crippen LogP contribution in [0.15, 0.2) is 279 Å². The first kappa shape index (κ1) is 49.0. The molecule has 2 heterocycles. The van der Waals surface area contributed by atoms with Gasteiger partial charge < -0.3 is 14.4 Å². The zero-order valence-corrected chi connectivity index (χ0v) is 43.6. The van der Waals surface area contributed by atoms with E-state index in [0.29, 0.717) is 50.8 Å². The van der Waals surface area contributed by atoms with E-state index in [1.54, 1.807) is 12.1 Å². The first-order valence-corrected chi connectivity index (χ1v) is 26.5. The highest BCUT2D eigenvalue weighted by Crippen LogP contribution is 2.44. The van der Waals surface area contributed by atoms with Gasteiger partial charge in [-0.1, -0.05) is 170 Å². The van der Waals surface area contributed by atoms with Crippen LogP contribution in [0, 0.1) is 24.5 Å². The summed E-state index contributed by atoms with van der Waals surface area (Å²) >= 11 is 0. The van der Waals surface area contributed by atoms with E-state index in [0.717, 1.165) is 83.9 Å². The number of nitriles is 1. The lowest BCUT2D eigenvalue weighted by Gasteiger charge is -2.26. The van der Waals surface area contributed by atoms with Crippen LogP contribution in [0.3, 0.4) is 0 Å². The zero-order valence-electron chi connectivity index (χ0n) is 43.6. The molecule has 0 spiro atoms. The van der Waals surface area contributed by atoms with E-state index in [2.05, 4.69) is 236 Å². The highest BCUT2D eigenvalue weighted by Gasteiger charge is 2.22. The molecule has 0 amide bonds. The molecule has 81 heavy (non-hydrogen) atoms. The molecule has 8 heteroatoms. The first-order chi connectivity index (χ1) is 40.0. The molecule has 378 valence electrons. The first-order valence-electron chi connectivity index (χ1n) is 26.5. The Balaban J connectivity index is 0.859. The fourth-order valence-electron chi connectivity index (χ4n) is 10.8. The molecule has 2 aromatic heterocycles. The monoisotopic (exact) mass is 1030 g/mol. The highest BCUT2D eigenvalue weighted by molar-refractivity contribution is 6.12. The summed E-state index contributed by atoms with van der Waals surface area (Å²) in [6.45, 7) is 15.7. The van der Waals surface area contributed by atoms with Gasteiger partial charge in [-0.25, -0.2) is 19.7 Å². The van der Waals surface area contributed by atoms with Crippen LogP contribution in [0.1, 0.15) is 5.56 Å². The van der Waals surface area contributed by atoms with Crippen LogP contribution in [0.25, 0.3) is 93.3 Å². The molecular formula is C73H46N8. The van der Waals surface area contributed by atoms with Crippen molar-refractivity contribution in [1.82, 2.24) is 14.5 Å². The lowest BCUT2D eigenvalue weighted by Crippen LogP contribution is -2.09. The molecule has 0 aliphatic carbocycles. The van der Waals surface area contributed by atoms with Crippen molar-refractivity contribution in [2.24, 2.45) is 0 Å². The van der Waals surface area contributed by atoms with Crippen molar-refractivity contribution in [2.45, 2.75) is 0 Å². The van der Waals surface area contributed by atoms with E-state index in [1.807, 2.05) is 60.7 Å². The molecule has 8 nitrogen and oxygen atoms in total. The number of nitrogens with zero attached hydrogens (tertiary/aromatic N) is 8. The average molecular weight is 1040 g/mol. The van der Waals surface area contributed by atoms with E-state index >= 15 is 0 Å². The maximum absolute atomic E-state index is 10.7. The second-order valence-corrected chi connectivity index (χ2v) is 19.5. The molecular weight excluding hydrogens is 989 g/mol. The van der Waals surface area contributed by atoms with Gasteiger partial charge in [-0.05, 0) is 131 Å². The van der Waals surface area contributed by atoms with E-state index < -0.39 is 0 Å². The minimum absolute atomic E-state index is 0.341. The molecule has 13 rings (SSSR count). The fraction of sp³-hybridized carbons (Fsp3) is 0. The molecule has 0 aliphatic heterocycles. The lowest BCUT2D eigenvalue weighted by atomic mass is 9.95. The van der Waals surface area contributed by atoms with Crippen LogP contribution < -0.4 is 9.80 Å². The minimum atomic E-state index is 0.341. The Hall–Kier alpha value is -11.6. The van der Waals surface area contributed by atoms with Crippen molar-refractivity contribution in [3.05, 3.63) is 307 Å². The van der Waals surface area contributed by atoms with Crippen molar-refractivity contribution >= 4 is 67.3 Å². The smallest absolute Gasteiger partial charge is 0.198 e. The molecule has 0 atom stereocenters. The quantitative estimate of drug-likeness (QED) is 0.114. The Kier molecular flexibility index (Phi) is 12.9. The van der Waals surface area contributed by atoms with Crippen molar-refractivity contribution in [2.75, 3.05) is 9.80 Å². The van der Waals surface area contributed by atoms with Crippen molar-refractivity contribution in [1.29, 1.82) is 5.26 Å². The molecule has 0 aliphatic rings. The van der Waals surface area contributed by atoms with Crippen LogP contribution in [-0.2, 0) is 0 Å². The Bertz CT molecular complexity index is 4300. The molecule has 0 radical (unpaired) electrons. The number of aromatic nitrogens is 3. The van der Waals surface area contributed by atoms with Gasteiger partial charge in [0.15, 0.2) is 11.4 Å². The largest absolute Gasteiger partial charge is 0.310 e. The van der Waals surface area contributed by atoms with E-state index in [4.69, 9.17) is 23.1 Å². The molecule has 0 unspecified atom stereocenters. The number of benzene rings is 11. The predicted molar refractivity (Wildman–Crippen MR) is 330 cm³/mol. The Morgan fingerprint density at radius 3 is 1.22 bits per heavy atom. The fourth-order valence-corrected chi connectivity index (χ4v) is 10.8. The van der Waals surface area contributed by atoms with Gasteiger partial charge in [0.1, 0.15) is 5.82 Å². The van der Waals surface area contributed by atoms with Crippen LogP contribution in [0.4, 0.5) is 45.5 Å². The van der Waals surface area contributed by atoms with Gasteiger partial charge in [-0.2, -0.15) is 5.26 Å². The summed E-state index contributed by atoms with van der Waals surface area (Å²) in [6, 6.07) is 97.5. The van der Waals surface area contributed by atoms with Crippen molar-refractivity contribution in [3.8, 4) is 67.9 Å². The van der Waals surface area contributed by atoms with Gasteiger partial charge >= 0.3 is 0 Å². The number of rotatable bonds is 12. The summed E-state index contributed by atoms with van der Waals surface area (Å²) in [4.78, 5) is 21.9. The Morgan fingerprint density at radius 2 is 0.753 bits per heavy atom. The summed E-state index contributed by atoms with van der Waals surface area (Å²) < 4.78 is 2.37. The third kappa shape index (κ3) is 9.36. The third-order valence-corrected chi connectivity index (χ3v) is 14.7. The van der Waals surface area contributed by atoms with Gasteiger partial charge in [0, 0.05) is 67.3 Å². The van der Waals surface area contributed by atoms with E-state index in [1.165, 1.54) is 0 Å². The standard InChI is InChI=1S/C73H46N8/c1-75-67-29-17-15-27-63(67)70-48-69(77-73(78-70)64-28-16-18-30-68(64)76-2)62-42-37-53(45-54(62)49-74)52-33-31-50(32-34-52)51-35-38-59(39-36-51)81-71-43-40-60(79(55-19-7-3-8-20-55)56-21-9-4-10-22-56)46-65(71)66-47-61(41-44-72(66)81)80(57-23-11-5-12-24-57)58-25-13-6-14-26-58/h3-48H. The average Bonchev–Trinajstić information content (AvgIpc) is 4.02. The van der Waals surface area contributed by atoms with Crippen LogP contribution in [-0.4, -0.2) is 14.5 Å². The molecule has 0 saturated carbocycles. The zero-order chi connectivity index (χ0) is 54.7. The maximum atomic E-state index is 10.7. The number of hydrogen-bond acceptors (Lipinski definition) is 5. The third-order valence-electron chi connectivity index (χ3n) is 14.7. The summed E-state index contributed by atoms with van der Waals surface area (Å²) in [5, 5.41) is 12.9. The van der Waals surface area contributed by atoms with Crippen LogP contribution in [0.5, 0.6) is 0 Å². The van der Waals surface area contributed by atoms with Crippen molar-refractivity contribution in [3.63, 3.8) is 0 Å². The second-order valence-electron chi connectivity index (χ2n) is 19.5. The lowest BCUT2D eigenvalue weighted by molar-refractivity contribution is 1.18. The van der Waals surface area contributed by atoms with E-state index in [-0.39, 0.29) is 0 Å². The molecule has 0 N–H and O–H groups in total. The molecule has 0 bridgehead atoms. The van der Waals surface area contributed by atoms with Gasteiger partial charge in [0.25, 0.3) is 0 Å². The summed E-state index contributed by atoms with van der Waals surface area (Å²) in [7, 11) is 0. The molecule has 0 fully saturated rings. The molecule has 13 aromatic rings. The number of fused-ring (bicyclic) bond motifs is 3.